The van der Waals surface area contributed by atoms with Gasteiger partial charge in [-0.15, -0.1) is 0 Å². The summed E-state index contributed by atoms with van der Waals surface area (Å²) >= 11 is 5.96. The molecule has 3 aromatic rings. The maximum Gasteiger partial charge on any atom is 0.306 e. The maximum atomic E-state index is 12.7. The lowest BCUT2D eigenvalue weighted by molar-refractivity contribution is -0.145. The summed E-state index contributed by atoms with van der Waals surface area (Å²) < 4.78 is 34.1. The lowest BCUT2D eigenvalue weighted by Gasteiger charge is -2.25. The molecule has 0 unspecified atom stereocenters. The van der Waals surface area contributed by atoms with E-state index in [9.17, 15) is 13.2 Å². The van der Waals surface area contributed by atoms with Gasteiger partial charge in [0.2, 0.25) is 10.0 Å². The Kier molecular flexibility index (Phi) is 6.60. The van der Waals surface area contributed by atoms with Crippen molar-refractivity contribution in [2.24, 2.45) is 0 Å². The minimum atomic E-state index is -3.44. The van der Waals surface area contributed by atoms with E-state index < -0.39 is 10.0 Å². The van der Waals surface area contributed by atoms with E-state index in [-0.39, 0.29) is 19.0 Å². The van der Waals surface area contributed by atoms with Gasteiger partial charge in [0.1, 0.15) is 12.3 Å². The Morgan fingerprint density at radius 3 is 2.52 bits per heavy atom. The van der Waals surface area contributed by atoms with Crippen molar-refractivity contribution in [3.8, 4) is 0 Å². The monoisotopic (exact) mass is 461 g/mol. The van der Waals surface area contributed by atoms with Crippen LogP contribution in [-0.2, 0) is 32.6 Å². The standard InChI is InChI=1S/C22H24ClN3O4S/c23-18-7-10-21-24-19(15-25(21)14-18)16-30-22(27)11-6-17-4-8-20(9-5-17)31(28,29)26-12-2-1-3-13-26/h4-5,7-10,14-15H,1-3,6,11-13,16H2. The molecular formula is C22H24ClN3O4S. The fourth-order valence-corrected chi connectivity index (χ4v) is 5.33. The predicted octanol–water partition coefficient (Wildman–Crippen LogP) is 3.84. The number of imidazole rings is 1. The first-order valence-corrected chi connectivity index (χ1v) is 12.1. The Labute approximate surface area is 186 Å². The minimum Gasteiger partial charge on any atom is -0.459 e. The van der Waals surface area contributed by atoms with Crippen LogP contribution in [-0.4, -0.2) is 41.2 Å². The number of hydrogen-bond donors (Lipinski definition) is 0. The van der Waals surface area contributed by atoms with E-state index in [0.717, 1.165) is 30.5 Å². The molecule has 1 fully saturated rings. The van der Waals surface area contributed by atoms with Gasteiger partial charge in [-0.1, -0.05) is 30.2 Å². The molecule has 1 aliphatic rings. The third-order valence-corrected chi connectivity index (χ3v) is 7.48. The number of halogens is 1. The van der Waals surface area contributed by atoms with Gasteiger partial charge < -0.3 is 9.14 Å². The maximum absolute atomic E-state index is 12.7. The number of aromatic nitrogens is 2. The van der Waals surface area contributed by atoms with Gasteiger partial charge in [-0.3, -0.25) is 4.79 Å². The van der Waals surface area contributed by atoms with E-state index in [1.54, 1.807) is 57.5 Å². The molecule has 0 aliphatic carbocycles. The molecule has 0 atom stereocenters. The quantitative estimate of drug-likeness (QED) is 0.499. The molecular weight excluding hydrogens is 438 g/mol. The number of aryl methyl sites for hydroxylation is 1. The van der Waals surface area contributed by atoms with Crippen LogP contribution in [0, 0.1) is 0 Å². The van der Waals surface area contributed by atoms with Crippen molar-refractivity contribution < 1.29 is 17.9 Å². The first kappa shape index (κ1) is 21.8. The number of nitrogens with zero attached hydrogens (tertiary/aromatic N) is 3. The fraction of sp³-hybridized carbons (Fsp3) is 0.364. The van der Waals surface area contributed by atoms with Crippen LogP contribution in [0.1, 0.15) is 36.9 Å². The average Bonchev–Trinajstić information content (AvgIpc) is 3.19. The molecule has 0 saturated carbocycles. The SMILES string of the molecule is O=C(CCc1ccc(S(=O)(=O)N2CCCCC2)cc1)OCc1cn2cc(Cl)ccc2n1. The first-order valence-electron chi connectivity index (χ1n) is 10.3. The summed E-state index contributed by atoms with van der Waals surface area (Å²) in [4.78, 5) is 16.8. The largest absolute Gasteiger partial charge is 0.459 e. The molecule has 9 heteroatoms. The molecule has 3 heterocycles. The van der Waals surface area contributed by atoms with Crippen LogP contribution in [0.25, 0.3) is 5.65 Å². The van der Waals surface area contributed by atoms with E-state index >= 15 is 0 Å². The molecule has 1 saturated heterocycles. The molecule has 31 heavy (non-hydrogen) atoms. The predicted molar refractivity (Wildman–Crippen MR) is 117 cm³/mol. The second kappa shape index (κ2) is 9.38. The fourth-order valence-electron chi connectivity index (χ4n) is 3.64. The van der Waals surface area contributed by atoms with Gasteiger partial charge in [0.05, 0.1) is 15.6 Å². The van der Waals surface area contributed by atoms with E-state index in [4.69, 9.17) is 16.3 Å². The van der Waals surface area contributed by atoms with Gasteiger partial charge >= 0.3 is 5.97 Å². The number of carbonyl (C=O) groups is 1. The van der Waals surface area contributed by atoms with E-state index in [0.29, 0.717) is 35.1 Å². The van der Waals surface area contributed by atoms with Crippen molar-refractivity contribution in [1.82, 2.24) is 13.7 Å². The number of fused-ring (bicyclic) bond motifs is 1. The van der Waals surface area contributed by atoms with Crippen molar-refractivity contribution in [2.75, 3.05) is 13.1 Å². The summed E-state index contributed by atoms with van der Waals surface area (Å²) in [5, 5.41) is 0.600. The summed E-state index contributed by atoms with van der Waals surface area (Å²) in [7, 11) is -3.44. The third kappa shape index (κ3) is 5.26. The Balaban J connectivity index is 1.28. The number of esters is 1. The van der Waals surface area contributed by atoms with Crippen LogP contribution in [0.5, 0.6) is 0 Å². The van der Waals surface area contributed by atoms with Gasteiger partial charge in [0.15, 0.2) is 0 Å². The number of pyridine rings is 1. The molecule has 1 aliphatic heterocycles. The average molecular weight is 462 g/mol. The lowest BCUT2D eigenvalue weighted by atomic mass is 10.1. The number of rotatable bonds is 7. The summed E-state index contributed by atoms with van der Waals surface area (Å²) in [5.74, 6) is -0.333. The highest BCUT2D eigenvalue weighted by Crippen LogP contribution is 2.21. The van der Waals surface area contributed by atoms with Crippen LogP contribution < -0.4 is 0 Å². The summed E-state index contributed by atoms with van der Waals surface area (Å²) in [6.07, 6.45) is 7.08. The Hall–Kier alpha value is -2.42. The summed E-state index contributed by atoms with van der Waals surface area (Å²) in [5.41, 5.74) is 2.26. The molecule has 1 aromatic carbocycles. The number of ether oxygens (including phenoxy) is 1. The second-order valence-corrected chi connectivity index (χ2v) is 9.99. The smallest absolute Gasteiger partial charge is 0.306 e. The highest BCUT2D eigenvalue weighted by molar-refractivity contribution is 7.89. The summed E-state index contributed by atoms with van der Waals surface area (Å²) in [6, 6.07) is 10.3. The van der Waals surface area contributed by atoms with Gasteiger partial charge in [0, 0.05) is 31.9 Å². The number of carbonyl (C=O) groups excluding carboxylic acids is 1. The molecule has 0 amide bonds. The van der Waals surface area contributed by atoms with Crippen molar-refractivity contribution in [1.29, 1.82) is 0 Å². The molecule has 0 bridgehead atoms. The Morgan fingerprint density at radius 1 is 1.03 bits per heavy atom. The zero-order chi connectivity index (χ0) is 21.8. The van der Waals surface area contributed by atoms with Crippen molar-refractivity contribution in [3.05, 3.63) is 65.1 Å². The van der Waals surface area contributed by atoms with Crippen LogP contribution in [0.15, 0.2) is 53.7 Å². The molecule has 2 aromatic heterocycles. The van der Waals surface area contributed by atoms with Gasteiger partial charge in [-0.05, 0) is 49.1 Å². The highest BCUT2D eigenvalue weighted by Gasteiger charge is 2.25. The number of benzene rings is 1. The minimum absolute atomic E-state index is 0.0884. The molecule has 0 N–H and O–H groups in total. The lowest BCUT2D eigenvalue weighted by Crippen LogP contribution is -2.35. The van der Waals surface area contributed by atoms with Crippen LogP contribution >= 0.6 is 11.6 Å². The van der Waals surface area contributed by atoms with Crippen LogP contribution in [0.3, 0.4) is 0 Å². The number of piperidine rings is 1. The van der Waals surface area contributed by atoms with E-state index in [1.807, 2.05) is 0 Å². The molecule has 0 spiro atoms. The van der Waals surface area contributed by atoms with E-state index in [2.05, 4.69) is 4.98 Å². The molecule has 0 radical (unpaired) electrons. The topological polar surface area (TPSA) is 81.0 Å². The first-order chi connectivity index (χ1) is 14.9. The zero-order valence-corrected chi connectivity index (χ0v) is 18.6. The Morgan fingerprint density at radius 2 is 1.77 bits per heavy atom. The van der Waals surface area contributed by atoms with Crippen LogP contribution in [0.4, 0.5) is 0 Å². The molecule has 4 rings (SSSR count). The van der Waals surface area contributed by atoms with E-state index in [1.165, 1.54) is 0 Å². The Bertz CT molecular complexity index is 1170. The zero-order valence-electron chi connectivity index (χ0n) is 17.0. The number of sulfonamides is 1. The third-order valence-electron chi connectivity index (χ3n) is 5.34. The molecule has 164 valence electrons. The van der Waals surface area contributed by atoms with Gasteiger partial charge in [-0.2, -0.15) is 4.31 Å². The van der Waals surface area contributed by atoms with Crippen molar-refractivity contribution >= 4 is 33.2 Å². The number of hydrogen-bond acceptors (Lipinski definition) is 5. The molecule has 7 nitrogen and oxygen atoms in total. The van der Waals surface area contributed by atoms with Crippen LogP contribution in [0.2, 0.25) is 5.02 Å². The normalized spacial score (nSPS) is 15.3. The summed E-state index contributed by atoms with van der Waals surface area (Å²) in [6.45, 7) is 1.25. The van der Waals surface area contributed by atoms with Gasteiger partial charge in [0.25, 0.3) is 0 Å². The van der Waals surface area contributed by atoms with Crippen molar-refractivity contribution in [3.63, 3.8) is 0 Å². The van der Waals surface area contributed by atoms with Gasteiger partial charge in [-0.25, -0.2) is 13.4 Å². The highest BCUT2D eigenvalue weighted by atomic mass is 35.5. The van der Waals surface area contributed by atoms with Crippen molar-refractivity contribution in [2.45, 2.75) is 43.6 Å². The second-order valence-electron chi connectivity index (χ2n) is 7.61.